The molecule has 0 bridgehead atoms. The van der Waals surface area contributed by atoms with Crippen LogP contribution in [0.2, 0.25) is 5.02 Å². The number of hydrogen-bond donors (Lipinski definition) is 2. The molecule has 0 unspecified atom stereocenters. The van der Waals surface area contributed by atoms with Crippen LogP contribution in [-0.4, -0.2) is 76.3 Å². The van der Waals surface area contributed by atoms with Crippen LogP contribution in [-0.2, 0) is 18.1 Å². The van der Waals surface area contributed by atoms with Gasteiger partial charge in [0.1, 0.15) is 22.3 Å². The monoisotopic (exact) mass is 679 g/mol. The molecule has 3 aromatic rings. The van der Waals surface area contributed by atoms with E-state index < -0.39 is 19.0 Å². The first-order valence-corrected chi connectivity index (χ1v) is 17.4. The number of carbonyl (C=O) groups excluding carboxylic acids is 1. The van der Waals surface area contributed by atoms with Gasteiger partial charge in [-0.2, -0.15) is 0 Å². The molecule has 1 amide bonds. The van der Waals surface area contributed by atoms with Crippen molar-refractivity contribution >= 4 is 59.1 Å². The van der Waals surface area contributed by atoms with Gasteiger partial charge in [-0.1, -0.05) is 35.1 Å². The van der Waals surface area contributed by atoms with E-state index in [1.54, 1.807) is 6.07 Å². The Morgan fingerprint density at radius 3 is 2.33 bits per heavy atom. The highest BCUT2D eigenvalue weighted by atomic mass is 35.5. The third-order valence-corrected chi connectivity index (χ3v) is 9.64. The lowest BCUT2D eigenvalue weighted by Crippen LogP contribution is -2.47. The molecule has 1 aliphatic rings. The van der Waals surface area contributed by atoms with Crippen LogP contribution in [0, 0.1) is 13.8 Å². The second-order valence-electron chi connectivity index (χ2n) is 12.7. The van der Waals surface area contributed by atoms with Crippen LogP contribution in [0.5, 0.6) is 0 Å². The molecule has 1 saturated heterocycles. The summed E-state index contributed by atoms with van der Waals surface area (Å²) >= 11 is 7.49. The molecular formula is C30H43ClN7O5PS. The Balaban J connectivity index is 1.31. The van der Waals surface area contributed by atoms with Gasteiger partial charge in [-0.25, -0.2) is 19.5 Å². The van der Waals surface area contributed by atoms with E-state index in [4.69, 9.17) is 25.2 Å². The van der Waals surface area contributed by atoms with E-state index in [2.05, 4.69) is 35.4 Å². The molecular weight excluding hydrogens is 637 g/mol. The molecule has 15 heteroatoms. The number of halogens is 1. The molecule has 3 heterocycles. The SMILES string of the molecule is Cc1nc(Nc2ncc(C(=O)Nc3c(C)cccc3Cl)s2)cc(N2CCN(CCOP(=O)(OC(C)(C)C)OC(C)(C)C)CC2)n1. The molecule has 0 spiro atoms. The summed E-state index contributed by atoms with van der Waals surface area (Å²) in [6, 6.07) is 7.34. The predicted molar refractivity (Wildman–Crippen MR) is 180 cm³/mol. The minimum atomic E-state index is -3.75. The van der Waals surface area contributed by atoms with Gasteiger partial charge in [0.15, 0.2) is 5.13 Å². The Labute approximate surface area is 274 Å². The van der Waals surface area contributed by atoms with Crippen molar-refractivity contribution in [3.05, 3.63) is 51.7 Å². The van der Waals surface area contributed by atoms with Crippen LogP contribution in [0.15, 0.2) is 30.5 Å². The lowest BCUT2D eigenvalue weighted by molar-refractivity contribution is 0.000917. The van der Waals surface area contributed by atoms with Gasteiger partial charge in [-0.05, 0) is 67.0 Å². The molecule has 1 aromatic carbocycles. The summed E-state index contributed by atoms with van der Waals surface area (Å²) in [7, 11) is -3.75. The number of carbonyl (C=O) groups is 1. The van der Waals surface area contributed by atoms with Crippen LogP contribution in [0.3, 0.4) is 0 Å². The summed E-state index contributed by atoms with van der Waals surface area (Å²) in [6.07, 6.45) is 1.52. The Kier molecular flexibility index (Phi) is 11.3. The van der Waals surface area contributed by atoms with E-state index in [1.807, 2.05) is 73.6 Å². The highest BCUT2D eigenvalue weighted by Gasteiger charge is 2.37. The van der Waals surface area contributed by atoms with Crippen molar-refractivity contribution in [3.63, 3.8) is 0 Å². The average molecular weight is 680 g/mol. The average Bonchev–Trinajstić information content (AvgIpc) is 3.37. The molecule has 0 aliphatic carbocycles. The van der Waals surface area contributed by atoms with Gasteiger partial charge < -0.3 is 15.5 Å². The lowest BCUT2D eigenvalue weighted by Gasteiger charge is -2.36. The van der Waals surface area contributed by atoms with Crippen LogP contribution < -0.4 is 15.5 Å². The molecule has 2 aromatic heterocycles. The second kappa shape index (κ2) is 14.4. The molecule has 45 heavy (non-hydrogen) atoms. The topological polar surface area (TPSA) is 131 Å². The van der Waals surface area contributed by atoms with Crippen molar-refractivity contribution in [1.82, 2.24) is 19.9 Å². The second-order valence-corrected chi connectivity index (χ2v) is 15.7. The smallest absolute Gasteiger partial charge is 0.354 e. The number of aryl methyl sites for hydroxylation is 2. The quantitative estimate of drug-likeness (QED) is 0.202. The molecule has 12 nitrogen and oxygen atoms in total. The number of benzene rings is 1. The number of rotatable bonds is 11. The summed E-state index contributed by atoms with van der Waals surface area (Å²) in [5.41, 5.74) is 0.101. The molecule has 4 rings (SSSR count). The summed E-state index contributed by atoms with van der Waals surface area (Å²) < 4.78 is 30.5. The van der Waals surface area contributed by atoms with Gasteiger partial charge in [0.05, 0.1) is 34.7 Å². The van der Waals surface area contributed by atoms with E-state index >= 15 is 0 Å². The van der Waals surface area contributed by atoms with Crippen LogP contribution in [0.1, 0.15) is 62.6 Å². The Morgan fingerprint density at radius 1 is 1.04 bits per heavy atom. The minimum Gasteiger partial charge on any atom is -0.354 e. The number of nitrogens with zero attached hydrogens (tertiary/aromatic N) is 5. The van der Waals surface area contributed by atoms with Gasteiger partial charge in [0, 0.05) is 38.8 Å². The van der Waals surface area contributed by atoms with Crippen molar-refractivity contribution in [1.29, 1.82) is 0 Å². The van der Waals surface area contributed by atoms with E-state index in [-0.39, 0.29) is 12.5 Å². The summed E-state index contributed by atoms with van der Waals surface area (Å²) in [6.45, 7) is 18.5. The molecule has 0 radical (unpaired) electrons. The minimum absolute atomic E-state index is 0.218. The summed E-state index contributed by atoms with van der Waals surface area (Å²) in [4.78, 5) is 31.3. The normalized spacial score (nSPS) is 14.9. The van der Waals surface area contributed by atoms with Gasteiger partial charge in [-0.15, -0.1) is 0 Å². The fourth-order valence-corrected chi connectivity index (χ4v) is 7.29. The fraction of sp³-hybridized carbons (Fsp3) is 0.533. The number of phosphoric acid groups is 1. The lowest BCUT2D eigenvalue weighted by atomic mass is 10.2. The number of phosphoric ester groups is 1. The molecule has 246 valence electrons. The molecule has 1 fully saturated rings. The van der Waals surface area contributed by atoms with E-state index in [9.17, 15) is 9.36 Å². The third kappa shape index (κ3) is 10.7. The largest absolute Gasteiger partial charge is 0.475 e. The standard InChI is InChI=1S/C30H43ClN7O5PS/c1-20-10-9-11-22(31)26(20)36-27(39)23-19-32-28(45-23)35-24-18-25(34-21(2)33-24)38-14-12-37(13-15-38)16-17-41-44(40,42-29(3,4)5)43-30(6,7)8/h9-11,18-19H,12-17H2,1-8H3,(H,36,39)(H,32,33,34,35). The van der Waals surface area contributed by atoms with E-state index in [0.29, 0.717) is 38.9 Å². The molecule has 0 saturated carbocycles. The number of thiazole rings is 1. The van der Waals surface area contributed by atoms with Crippen LogP contribution >= 0.6 is 30.8 Å². The number of aromatic nitrogens is 3. The highest BCUT2D eigenvalue weighted by molar-refractivity contribution is 7.48. The maximum Gasteiger partial charge on any atom is 0.475 e. The number of para-hydroxylation sites is 1. The predicted octanol–water partition coefficient (Wildman–Crippen LogP) is 7.08. The van der Waals surface area contributed by atoms with Crippen molar-refractivity contribution in [2.24, 2.45) is 0 Å². The third-order valence-electron chi connectivity index (χ3n) is 6.37. The fourth-order valence-electron chi connectivity index (χ4n) is 4.51. The maximum absolute atomic E-state index is 13.3. The van der Waals surface area contributed by atoms with E-state index in [0.717, 1.165) is 37.6 Å². The van der Waals surface area contributed by atoms with E-state index in [1.165, 1.54) is 17.5 Å². The van der Waals surface area contributed by atoms with Crippen molar-refractivity contribution in [2.75, 3.05) is 54.9 Å². The Bertz CT molecular complexity index is 1490. The maximum atomic E-state index is 13.3. The van der Waals surface area contributed by atoms with Gasteiger partial charge in [-0.3, -0.25) is 23.3 Å². The Morgan fingerprint density at radius 2 is 1.71 bits per heavy atom. The molecule has 0 atom stereocenters. The summed E-state index contributed by atoms with van der Waals surface area (Å²) in [5.74, 6) is 1.71. The van der Waals surface area contributed by atoms with Crippen molar-refractivity contribution < 1.29 is 22.9 Å². The number of piperazine rings is 1. The first-order valence-electron chi connectivity index (χ1n) is 14.8. The zero-order chi connectivity index (χ0) is 33.0. The van der Waals surface area contributed by atoms with Gasteiger partial charge in [0.2, 0.25) is 0 Å². The first-order chi connectivity index (χ1) is 21.0. The highest BCUT2D eigenvalue weighted by Crippen LogP contribution is 2.55. The summed E-state index contributed by atoms with van der Waals surface area (Å²) in [5, 5.41) is 7.10. The van der Waals surface area contributed by atoms with Crippen molar-refractivity contribution in [3.8, 4) is 0 Å². The number of nitrogens with one attached hydrogen (secondary N) is 2. The first kappa shape index (κ1) is 35.2. The molecule has 1 aliphatic heterocycles. The zero-order valence-electron chi connectivity index (χ0n) is 27.1. The molecule has 2 N–H and O–H groups in total. The number of hydrogen-bond acceptors (Lipinski definition) is 12. The van der Waals surface area contributed by atoms with Gasteiger partial charge >= 0.3 is 7.82 Å². The van der Waals surface area contributed by atoms with Crippen LogP contribution in [0.4, 0.5) is 22.5 Å². The van der Waals surface area contributed by atoms with Crippen molar-refractivity contribution in [2.45, 2.75) is 66.6 Å². The Hall–Kier alpha value is -2.64. The number of anilines is 4. The van der Waals surface area contributed by atoms with Crippen LogP contribution in [0.25, 0.3) is 0 Å². The zero-order valence-corrected chi connectivity index (χ0v) is 29.6. The van der Waals surface area contributed by atoms with Gasteiger partial charge in [0.25, 0.3) is 5.91 Å². The number of amides is 1.